The van der Waals surface area contributed by atoms with Crippen LogP contribution in [0.5, 0.6) is 0 Å². The molecule has 5 aromatic rings. The van der Waals surface area contributed by atoms with Gasteiger partial charge in [0.05, 0.1) is 11.9 Å². The van der Waals surface area contributed by atoms with Crippen LogP contribution >= 0.6 is 11.3 Å². The van der Waals surface area contributed by atoms with Gasteiger partial charge in [-0.25, -0.2) is 9.37 Å². The van der Waals surface area contributed by atoms with E-state index < -0.39 is 5.82 Å². The van der Waals surface area contributed by atoms with Crippen molar-refractivity contribution in [1.82, 2.24) is 20.1 Å². The van der Waals surface area contributed by atoms with Crippen molar-refractivity contribution in [3.8, 4) is 20.9 Å². The van der Waals surface area contributed by atoms with E-state index in [0.29, 0.717) is 35.3 Å². The second-order valence-corrected chi connectivity index (χ2v) is 15.3. The number of aromatic nitrogens is 3. The molecule has 9 rings (SSSR count). The zero-order valence-electron chi connectivity index (χ0n) is 28.2. The van der Waals surface area contributed by atoms with E-state index in [-0.39, 0.29) is 17.9 Å². The van der Waals surface area contributed by atoms with Gasteiger partial charge in [-0.3, -0.25) is 19.6 Å². The summed E-state index contributed by atoms with van der Waals surface area (Å²) in [6, 6.07) is 15.9. The molecule has 3 aromatic heterocycles. The van der Waals surface area contributed by atoms with E-state index in [4.69, 9.17) is 4.74 Å². The number of allylic oxidation sites excluding steroid dienone is 2. The fourth-order valence-corrected chi connectivity index (χ4v) is 9.26. The number of fused-ring (bicyclic) bond motifs is 4. The van der Waals surface area contributed by atoms with Gasteiger partial charge in [-0.2, -0.15) is 5.10 Å². The number of anilines is 2. The largest absolute Gasteiger partial charge is 0.381 e. The molecule has 2 N–H and O–H groups in total. The molecule has 2 amide bonds. The van der Waals surface area contributed by atoms with Gasteiger partial charge < -0.3 is 15.0 Å². The number of likely N-dealkylation sites (tertiary alicyclic amines) is 1. The van der Waals surface area contributed by atoms with E-state index in [1.165, 1.54) is 12.1 Å². The summed E-state index contributed by atoms with van der Waals surface area (Å²) in [4.78, 5) is 38.4. The van der Waals surface area contributed by atoms with Gasteiger partial charge in [0.2, 0.25) is 0 Å². The summed E-state index contributed by atoms with van der Waals surface area (Å²) < 4.78 is 20.4. The molecule has 2 aromatic carbocycles. The molecule has 1 unspecified atom stereocenters. The third-order valence-corrected chi connectivity index (χ3v) is 12.1. The van der Waals surface area contributed by atoms with Gasteiger partial charge in [-0.1, -0.05) is 11.6 Å². The van der Waals surface area contributed by atoms with Crippen LogP contribution in [0.4, 0.5) is 15.8 Å². The number of benzene rings is 2. The van der Waals surface area contributed by atoms with Crippen molar-refractivity contribution in [2.45, 2.75) is 38.6 Å². The van der Waals surface area contributed by atoms with Crippen molar-refractivity contribution in [2.24, 2.45) is 5.41 Å². The monoisotopic (exact) mass is 700 g/mol. The topological polar surface area (TPSA) is 103 Å². The van der Waals surface area contributed by atoms with Crippen LogP contribution in [0.1, 0.15) is 42.1 Å². The number of ether oxygens (including phenoxy) is 1. The highest BCUT2D eigenvalue weighted by atomic mass is 32.1. The number of pyridine rings is 1. The Bertz CT molecular complexity index is 2240. The predicted molar refractivity (Wildman–Crippen MR) is 197 cm³/mol. The van der Waals surface area contributed by atoms with Crippen molar-refractivity contribution in [3.63, 3.8) is 0 Å². The Hall–Kier alpha value is -4.97. The van der Waals surface area contributed by atoms with Crippen LogP contribution in [-0.2, 0) is 16.0 Å². The SMILES string of the molecule is CC1=CCC(N2CC3(CCOCC3)C2)C(C(=O)Nc2ccc(C(=O)N3CCc4cc(-c5cnc6[nH]ncc6c5)sc4-c4ccc(F)cc43)cc2)=C1. The highest BCUT2D eigenvalue weighted by Crippen LogP contribution is 2.46. The zero-order valence-corrected chi connectivity index (χ0v) is 29.1. The molecular weight excluding hydrogens is 664 g/mol. The molecule has 258 valence electrons. The minimum absolute atomic E-state index is 0.0441. The zero-order chi connectivity index (χ0) is 34.7. The highest BCUT2D eigenvalue weighted by Gasteiger charge is 2.47. The molecule has 1 spiro atoms. The average Bonchev–Trinajstić information content (AvgIpc) is 3.75. The maximum Gasteiger partial charge on any atom is 0.258 e. The molecule has 51 heavy (non-hydrogen) atoms. The van der Waals surface area contributed by atoms with Crippen LogP contribution in [0.3, 0.4) is 0 Å². The molecule has 9 nitrogen and oxygen atoms in total. The lowest BCUT2D eigenvalue weighted by atomic mass is 9.71. The molecule has 2 fully saturated rings. The van der Waals surface area contributed by atoms with E-state index in [0.717, 1.165) is 94.2 Å². The van der Waals surface area contributed by atoms with E-state index in [1.54, 1.807) is 52.8 Å². The fourth-order valence-electron chi connectivity index (χ4n) is 8.04. The Kier molecular flexibility index (Phi) is 7.94. The first-order valence-corrected chi connectivity index (χ1v) is 18.3. The molecule has 6 heterocycles. The minimum Gasteiger partial charge on any atom is -0.381 e. The van der Waals surface area contributed by atoms with Crippen molar-refractivity contribution >= 4 is 45.6 Å². The number of aromatic amines is 1. The predicted octanol–water partition coefficient (Wildman–Crippen LogP) is 7.39. The Morgan fingerprint density at radius 3 is 2.71 bits per heavy atom. The van der Waals surface area contributed by atoms with Gasteiger partial charge in [0.1, 0.15) is 5.82 Å². The first-order chi connectivity index (χ1) is 24.8. The molecular formula is C40H37FN6O3S. The number of amides is 2. The number of thiophene rings is 1. The number of H-pyrrole nitrogens is 1. The average molecular weight is 701 g/mol. The quantitative estimate of drug-likeness (QED) is 0.198. The Morgan fingerprint density at radius 1 is 1.06 bits per heavy atom. The Balaban J connectivity index is 0.924. The summed E-state index contributed by atoms with van der Waals surface area (Å²) in [6.45, 7) is 6.05. The van der Waals surface area contributed by atoms with Gasteiger partial charge in [-0.05, 0) is 98.8 Å². The van der Waals surface area contributed by atoms with Gasteiger partial charge in [0.15, 0.2) is 5.65 Å². The summed E-state index contributed by atoms with van der Waals surface area (Å²) in [7, 11) is 0. The lowest BCUT2D eigenvalue weighted by Crippen LogP contribution is -2.62. The third-order valence-electron chi connectivity index (χ3n) is 10.9. The number of hydrogen-bond acceptors (Lipinski definition) is 7. The summed E-state index contributed by atoms with van der Waals surface area (Å²) >= 11 is 1.62. The molecule has 3 aliphatic heterocycles. The molecule has 1 aliphatic carbocycles. The number of carbonyl (C=O) groups is 2. The van der Waals surface area contributed by atoms with Crippen LogP contribution in [0.2, 0.25) is 0 Å². The van der Waals surface area contributed by atoms with Crippen molar-refractivity contribution in [1.29, 1.82) is 0 Å². The number of rotatable bonds is 5. The van der Waals surface area contributed by atoms with Gasteiger partial charge in [0, 0.05) is 93.6 Å². The summed E-state index contributed by atoms with van der Waals surface area (Å²) in [5, 5.41) is 11.0. The van der Waals surface area contributed by atoms with Crippen LogP contribution < -0.4 is 10.2 Å². The molecule has 4 aliphatic rings. The van der Waals surface area contributed by atoms with Crippen LogP contribution in [0.15, 0.2) is 90.3 Å². The van der Waals surface area contributed by atoms with E-state index >= 15 is 0 Å². The lowest BCUT2D eigenvalue weighted by Gasteiger charge is -2.55. The Labute approximate surface area is 298 Å². The summed E-state index contributed by atoms with van der Waals surface area (Å²) in [5.74, 6) is -0.747. The lowest BCUT2D eigenvalue weighted by molar-refractivity contribution is -0.116. The highest BCUT2D eigenvalue weighted by molar-refractivity contribution is 7.19. The number of nitrogens with zero attached hydrogens (tertiary/aromatic N) is 4. The molecule has 0 bridgehead atoms. The molecule has 1 atom stereocenters. The van der Waals surface area contributed by atoms with Crippen molar-refractivity contribution in [2.75, 3.05) is 43.1 Å². The number of nitrogens with one attached hydrogen (secondary N) is 2. The Morgan fingerprint density at radius 2 is 1.88 bits per heavy atom. The fraction of sp³-hybridized carbons (Fsp3) is 0.300. The van der Waals surface area contributed by atoms with Crippen molar-refractivity contribution < 1.29 is 18.7 Å². The standard InChI is InChI=1S/C40H37FN6O3S/c1-24-2-9-33(46-22-40(23-46)11-14-50-15-12-40)32(16-24)38(48)44-30-6-3-25(4-7-30)39(49)47-13-10-26-18-35(27-17-28-21-43-45-37(28)42-20-27)51-36(26)31-8-5-29(41)19-34(31)47/h2-8,16-21,33H,9-15,22-23H2,1H3,(H,44,48)(H,42,43,45). The first-order valence-electron chi connectivity index (χ1n) is 17.5. The van der Waals surface area contributed by atoms with E-state index in [9.17, 15) is 14.0 Å². The number of carbonyl (C=O) groups excluding carboxylic acids is 2. The van der Waals surface area contributed by atoms with Crippen LogP contribution in [0.25, 0.3) is 31.9 Å². The maximum atomic E-state index is 14.8. The van der Waals surface area contributed by atoms with Crippen molar-refractivity contribution in [3.05, 3.63) is 107 Å². The molecule has 0 saturated carbocycles. The normalized spacial score (nSPS) is 19.8. The van der Waals surface area contributed by atoms with Gasteiger partial charge >= 0.3 is 0 Å². The second kappa shape index (κ2) is 12.7. The summed E-state index contributed by atoms with van der Waals surface area (Å²) in [6.07, 6.45) is 11.4. The molecule has 0 radical (unpaired) electrons. The van der Waals surface area contributed by atoms with Crippen LogP contribution in [0, 0.1) is 11.2 Å². The van der Waals surface area contributed by atoms with E-state index in [2.05, 4.69) is 43.6 Å². The molecule has 11 heteroatoms. The maximum absolute atomic E-state index is 14.8. The van der Waals surface area contributed by atoms with Crippen LogP contribution in [-0.4, -0.2) is 70.8 Å². The third kappa shape index (κ3) is 5.88. The van der Waals surface area contributed by atoms with E-state index in [1.807, 2.05) is 19.2 Å². The smallest absolute Gasteiger partial charge is 0.258 e. The van der Waals surface area contributed by atoms with Gasteiger partial charge in [-0.15, -0.1) is 11.3 Å². The van der Waals surface area contributed by atoms with Gasteiger partial charge in [0.25, 0.3) is 11.8 Å². The second-order valence-electron chi connectivity index (χ2n) is 14.2. The summed E-state index contributed by atoms with van der Waals surface area (Å²) in [5.41, 5.74) is 7.44. The first kappa shape index (κ1) is 32.0. The number of halogens is 1. The number of hydrogen-bond donors (Lipinski definition) is 2. The minimum atomic E-state index is -0.402. The molecule has 2 saturated heterocycles.